The first-order chi connectivity index (χ1) is 9.38. The van der Waals surface area contributed by atoms with E-state index in [1.165, 1.54) is 13.0 Å². The predicted octanol–water partition coefficient (Wildman–Crippen LogP) is 2.41. The van der Waals surface area contributed by atoms with Crippen LogP contribution in [0.5, 0.6) is 0 Å². The third kappa shape index (κ3) is 2.96. The first kappa shape index (κ1) is 14.5. The lowest BCUT2D eigenvalue weighted by atomic mass is 10.1. The number of hydrogen-bond donors (Lipinski definition) is 0. The van der Waals surface area contributed by atoms with Crippen LogP contribution in [0.1, 0.15) is 31.1 Å². The molecule has 0 aromatic heterocycles. The zero-order valence-electron chi connectivity index (χ0n) is 11.8. The number of ether oxygens (including phenoxy) is 1. The fourth-order valence-electron chi connectivity index (χ4n) is 2.53. The molecule has 0 radical (unpaired) electrons. The number of nitrogens with zero attached hydrogens (tertiary/aromatic N) is 2. The van der Waals surface area contributed by atoms with Gasteiger partial charge in [0.15, 0.2) is 5.78 Å². The van der Waals surface area contributed by atoms with Crippen molar-refractivity contribution in [2.45, 2.75) is 33.0 Å². The SMILES string of the molecule is CC(=O)c1ccc(N2C[C@H](C)O[C@@H](C)C2)c([N+](=O)[O-])c1. The number of nitro benzene ring substituents is 1. The molecule has 0 N–H and O–H groups in total. The van der Waals surface area contributed by atoms with Gasteiger partial charge in [0.2, 0.25) is 0 Å². The highest BCUT2D eigenvalue weighted by Crippen LogP contribution is 2.31. The Morgan fingerprint density at radius 2 is 1.95 bits per heavy atom. The Kier molecular flexibility index (Phi) is 4.04. The molecule has 0 aliphatic carbocycles. The van der Waals surface area contributed by atoms with Crippen molar-refractivity contribution in [3.8, 4) is 0 Å². The Morgan fingerprint density at radius 3 is 2.45 bits per heavy atom. The number of hydrogen-bond acceptors (Lipinski definition) is 5. The normalized spacial score (nSPS) is 22.6. The molecular weight excluding hydrogens is 260 g/mol. The van der Waals surface area contributed by atoms with Crippen molar-refractivity contribution in [1.29, 1.82) is 0 Å². The molecule has 0 bridgehead atoms. The van der Waals surface area contributed by atoms with Crippen molar-refractivity contribution in [2.24, 2.45) is 0 Å². The maximum absolute atomic E-state index is 11.4. The van der Waals surface area contributed by atoms with E-state index in [0.717, 1.165) is 0 Å². The van der Waals surface area contributed by atoms with Crippen LogP contribution < -0.4 is 4.90 Å². The number of Topliss-reactive ketones (excluding diaryl/α,β-unsaturated/α-hetero) is 1. The lowest BCUT2D eigenvalue weighted by molar-refractivity contribution is -0.384. The van der Waals surface area contributed by atoms with E-state index in [2.05, 4.69) is 0 Å². The average molecular weight is 278 g/mol. The minimum absolute atomic E-state index is 0.0193. The number of carbonyl (C=O) groups is 1. The zero-order chi connectivity index (χ0) is 14.9. The first-order valence-corrected chi connectivity index (χ1v) is 6.58. The lowest BCUT2D eigenvalue weighted by Crippen LogP contribution is -2.45. The van der Waals surface area contributed by atoms with Crippen LogP contribution in [-0.4, -0.2) is 36.0 Å². The summed E-state index contributed by atoms with van der Waals surface area (Å²) in [7, 11) is 0. The van der Waals surface area contributed by atoms with E-state index in [9.17, 15) is 14.9 Å². The first-order valence-electron chi connectivity index (χ1n) is 6.58. The van der Waals surface area contributed by atoms with Crippen molar-refractivity contribution >= 4 is 17.2 Å². The van der Waals surface area contributed by atoms with Gasteiger partial charge < -0.3 is 9.64 Å². The molecule has 1 aliphatic heterocycles. The number of nitro groups is 1. The standard InChI is InChI=1S/C14H18N2O4/c1-9-7-15(8-10(2)20-9)13-5-4-12(11(3)17)6-14(13)16(18)19/h4-6,9-10H,7-8H2,1-3H3/t9-,10-/m0/s1. The van der Waals surface area contributed by atoms with Gasteiger partial charge in [-0.1, -0.05) is 0 Å². The highest BCUT2D eigenvalue weighted by Gasteiger charge is 2.27. The fraction of sp³-hybridized carbons (Fsp3) is 0.500. The largest absolute Gasteiger partial charge is 0.372 e. The topological polar surface area (TPSA) is 72.7 Å². The van der Waals surface area contributed by atoms with E-state index in [1.807, 2.05) is 18.7 Å². The summed E-state index contributed by atoms with van der Waals surface area (Å²) in [6.07, 6.45) is 0.0386. The number of ketones is 1. The van der Waals surface area contributed by atoms with E-state index in [4.69, 9.17) is 4.74 Å². The van der Waals surface area contributed by atoms with Crippen molar-refractivity contribution in [3.05, 3.63) is 33.9 Å². The second kappa shape index (κ2) is 5.58. The van der Waals surface area contributed by atoms with Crippen LogP contribution in [0, 0.1) is 10.1 Å². The van der Waals surface area contributed by atoms with E-state index >= 15 is 0 Å². The van der Waals surface area contributed by atoms with E-state index < -0.39 is 4.92 Å². The summed E-state index contributed by atoms with van der Waals surface area (Å²) in [6, 6.07) is 4.64. The van der Waals surface area contributed by atoms with Gasteiger partial charge in [-0.3, -0.25) is 14.9 Å². The van der Waals surface area contributed by atoms with Gasteiger partial charge in [0, 0.05) is 24.7 Å². The van der Waals surface area contributed by atoms with Crippen molar-refractivity contribution in [2.75, 3.05) is 18.0 Å². The van der Waals surface area contributed by atoms with Crippen molar-refractivity contribution in [3.63, 3.8) is 0 Å². The minimum atomic E-state index is -0.438. The van der Waals surface area contributed by atoms with Gasteiger partial charge in [-0.15, -0.1) is 0 Å². The van der Waals surface area contributed by atoms with Crippen LogP contribution in [0.3, 0.4) is 0 Å². The molecule has 1 aromatic rings. The Labute approximate surface area is 117 Å². The fourth-order valence-corrected chi connectivity index (χ4v) is 2.53. The number of morpholine rings is 1. The van der Waals surface area contributed by atoms with E-state index in [-0.39, 0.29) is 23.7 Å². The quantitative estimate of drug-likeness (QED) is 0.482. The molecule has 0 spiro atoms. The molecule has 6 heteroatoms. The number of carbonyl (C=O) groups excluding carboxylic acids is 1. The summed E-state index contributed by atoms with van der Waals surface area (Å²) in [4.78, 5) is 24.1. The molecular formula is C14H18N2O4. The van der Waals surface area contributed by atoms with Crippen LogP contribution in [0.15, 0.2) is 18.2 Å². The third-order valence-corrected chi connectivity index (χ3v) is 3.34. The van der Waals surface area contributed by atoms with E-state index in [0.29, 0.717) is 24.3 Å². The summed E-state index contributed by atoms with van der Waals surface area (Å²) in [6.45, 7) is 6.49. The van der Waals surface area contributed by atoms with Gasteiger partial charge in [0.1, 0.15) is 5.69 Å². The second-order valence-electron chi connectivity index (χ2n) is 5.18. The van der Waals surface area contributed by atoms with Gasteiger partial charge in [0.25, 0.3) is 5.69 Å². The summed E-state index contributed by atoms with van der Waals surface area (Å²) >= 11 is 0. The summed E-state index contributed by atoms with van der Waals surface area (Å²) in [5, 5.41) is 11.2. The zero-order valence-corrected chi connectivity index (χ0v) is 11.8. The van der Waals surface area contributed by atoms with Crippen molar-refractivity contribution < 1.29 is 14.5 Å². The maximum atomic E-state index is 11.4. The Bertz CT molecular complexity index is 534. The summed E-state index contributed by atoms with van der Waals surface area (Å²) in [5.74, 6) is -0.177. The molecule has 1 fully saturated rings. The molecule has 1 aromatic carbocycles. The van der Waals surface area contributed by atoms with Crippen LogP contribution >= 0.6 is 0 Å². The monoisotopic (exact) mass is 278 g/mol. The molecule has 108 valence electrons. The maximum Gasteiger partial charge on any atom is 0.293 e. The average Bonchev–Trinajstić information content (AvgIpc) is 2.36. The molecule has 2 atom stereocenters. The Morgan fingerprint density at radius 1 is 1.35 bits per heavy atom. The van der Waals surface area contributed by atoms with Gasteiger partial charge >= 0.3 is 0 Å². The van der Waals surface area contributed by atoms with E-state index in [1.54, 1.807) is 12.1 Å². The summed E-state index contributed by atoms with van der Waals surface area (Å²) < 4.78 is 5.63. The smallest absolute Gasteiger partial charge is 0.293 e. The molecule has 2 rings (SSSR count). The van der Waals surface area contributed by atoms with Crippen LogP contribution in [0.2, 0.25) is 0 Å². The number of rotatable bonds is 3. The van der Waals surface area contributed by atoms with Gasteiger partial charge in [0.05, 0.1) is 17.1 Å². The molecule has 6 nitrogen and oxygen atoms in total. The Hall–Kier alpha value is -1.95. The van der Waals surface area contributed by atoms with Crippen LogP contribution in [0.25, 0.3) is 0 Å². The predicted molar refractivity (Wildman–Crippen MR) is 75.3 cm³/mol. The van der Waals surface area contributed by atoms with Crippen LogP contribution in [0.4, 0.5) is 11.4 Å². The summed E-state index contributed by atoms with van der Waals surface area (Å²) in [5.41, 5.74) is 0.871. The molecule has 1 aliphatic rings. The molecule has 1 heterocycles. The molecule has 20 heavy (non-hydrogen) atoms. The second-order valence-corrected chi connectivity index (χ2v) is 5.18. The van der Waals surface area contributed by atoms with Crippen LogP contribution in [-0.2, 0) is 4.74 Å². The highest BCUT2D eigenvalue weighted by molar-refractivity contribution is 5.95. The number of anilines is 1. The van der Waals surface area contributed by atoms with Gasteiger partial charge in [-0.05, 0) is 32.9 Å². The molecule has 0 saturated carbocycles. The molecule has 1 saturated heterocycles. The molecule has 0 unspecified atom stereocenters. The minimum Gasteiger partial charge on any atom is -0.372 e. The lowest BCUT2D eigenvalue weighted by Gasteiger charge is -2.36. The van der Waals surface area contributed by atoms with Crippen molar-refractivity contribution in [1.82, 2.24) is 0 Å². The Balaban J connectivity index is 2.40. The highest BCUT2D eigenvalue weighted by atomic mass is 16.6. The molecule has 0 amide bonds. The van der Waals surface area contributed by atoms with Gasteiger partial charge in [-0.2, -0.15) is 0 Å². The van der Waals surface area contributed by atoms with Gasteiger partial charge in [-0.25, -0.2) is 0 Å². The third-order valence-electron chi connectivity index (χ3n) is 3.34. The number of benzene rings is 1.